The Kier molecular flexibility index (Phi) is 6.68. The Morgan fingerprint density at radius 3 is 2.41 bits per heavy atom. The molecule has 0 saturated heterocycles. The number of fused-ring (bicyclic) bond motifs is 1. The van der Waals surface area contributed by atoms with Crippen molar-refractivity contribution < 1.29 is 9.53 Å². The Morgan fingerprint density at radius 2 is 1.71 bits per heavy atom. The second-order valence-corrected chi connectivity index (χ2v) is 8.96. The van der Waals surface area contributed by atoms with Crippen LogP contribution in [0.2, 0.25) is 0 Å². The zero-order valence-corrected chi connectivity index (χ0v) is 20.8. The minimum atomic E-state index is 0.00882. The number of carbonyl (C=O) groups excluding carboxylic acids is 1. The Balaban J connectivity index is 1.57. The van der Waals surface area contributed by atoms with Crippen LogP contribution in [0, 0.1) is 34.6 Å². The third-order valence-electron chi connectivity index (χ3n) is 6.38. The van der Waals surface area contributed by atoms with E-state index in [-0.39, 0.29) is 5.91 Å². The van der Waals surface area contributed by atoms with Crippen LogP contribution in [0.25, 0.3) is 16.7 Å². The molecule has 6 nitrogen and oxygen atoms in total. The van der Waals surface area contributed by atoms with E-state index in [9.17, 15) is 4.79 Å². The maximum atomic E-state index is 12.7. The van der Waals surface area contributed by atoms with Crippen LogP contribution in [0.5, 0.6) is 5.88 Å². The van der Waals surface area contributed by atoms with Crippen molar-refractivity contribution in [2.24, 2.45) is 0 Å². The summed E-state index contributed by atoms with van der Waals surface area (Å²) in [5, 5.41) is 8.82. The molecule has 0 saturated carbocycles. The monoisotopic (exact) mass is 456 g/mol. The van der Waals surface area contributed by atoms with Gasteiger partial charge < -0.3 is 10.1 Å². The summed E-state index contributed by atoms with van der Waals surface area (Å²) in [4.78, 5) is 17.5. The number of pyridine rings is 1. The number of benzene rings is 2. The molecule has 34 heavy (non-hydrogen) atoms. The highest BCUT2D eigenvalue weighted by Crippen LogP contribution is 2.32. The first-order chi connectivity index (χ1) is 16.3. The highest BCUT2D eigenvalue weighted by atomic mass is 16.5. The van der Waals surface area contributed by atoms with Gasteiger partial charge in [-0.1, -0.05) is 41.5 Å². The number of carbonyl (C=O) groups is 1. The van der Waals surface area contributed by atoms with Crippen LogP contribution in [0.15, 0.2) is 42.5 Å². The second-order valence-electron chi connectivity index (χ2n) is 8.96. The predicted molar refractivity (Wildman–Crippen MR) is 136 cm³/mol. The minimum Gasteiger partial charge on any atom is -0.481 e. The number of rotatable bonds is 7. The summed E-state index contributed by atoms with van der Waals surface area (Å²) in [6, 6.07) is 14.5. The van der Waals surface area contributed by atoms with E-state index in [0.717, 1.165) is 39.1 Å². The van der Waals surface area contributed by atoms with Gasteiger partial charge in [-0.05, 0) is 69.9 Å². The third kappa shape index (κ3) is 4.67. The largest absolute Gasteiger partial charge is 0.481 e. The number of amides is 1. The highest BCUT2D eigenvalue weighted by Gasteiger charge is 2.20. The summed E-state index contributed by atoms with van der Waals surface area (Å²) in [6.07, 6.45) is 0.909. The van der Waals surface area contributed by atoms with Crippen molar-refractivity contribution in [3.8, 4) is 11.6 Å². The van der Waals surface area contributed by atoms with Gasteiger partial charge in [0.15, 0.2) is 5.65 Å². The molecule has 0 aliphatic heterocycles. The zero-order valence-electron chi connectivity index (χ0n) is 20.8. The Labute approximate surface area is 201 Å². The fourth-order valence-electron chi connectivity index (χ4n) is 4.37. The van der Waals surface area contributed by atoms with E-state index in [1.807, 2.05) is 23.7 Å². The van der Waals surface area contributed by atoms with E-state index in [4.69, 9.17) is 14.8 Å². The number of nitrogens with one attached hydrogen (secondary N) is 1. The lowest BCUT2D eigenvalue weighted by Gasteiger charge is -2.13. The number of hydrogen-bond acceptors (Lipinski definition) is 4. The molecule has 0 atom stereocenters. The van der Waals surface area contributed by atoms with Crippen molar-refractivity contribution in [1.82, 2.24) is 20.1 Å². The van der Waals surface area contributed by atoms with Crippen LogP contribution in [-0.2, 0) is 17.8 Å². The summed E-state index contributed by atoms with van der Waals surface area (Å²) in [5.41, 5.74) is 9.33. The molecule has 4 aromatic rings. The van der Waals surface area contributed by atoms with Gasteiger partial charge in [-0.15, -0.1) is 0 Å². The Bertz CT molecular complexity index is 1350. The first-order valence-corrected chi connectivity index (χ1v) is 11.6. The van der Waals surface area contributed by atoms with Gasteiger partial charge in [-0.2, -0.15) is 10.1 Å². The molecule has 2 heterocycles. The molecule has 1 N–H and O–H groups in total. The smallest absolute Gasteiger partial charge is 0.220 e. The van der Waals surface area contributed by atoms with Crippen LogP contribution in [-0.4, -0.2) is 27.8 Å². The fourth-order valence-corrected chi connectivity index (χ4v) is 4.37. The quantitative estimate of drug-likeness (QED) is 0.414. The molecule has 0 aliphatic carbocycles. The van der Waals surface area contributed by atoms with Gasteiger partial charge in [0.25, 0.3) is 0 Å². The van der Waals surface area contributed by atoms with Gasteiger partial charge in [-0.3, -0.25) is 4.79 Å². The number of methoxy groups -OCH3 is 1. The number of ether oxygens (including phenoxy) is 1. The lowest BCUT2D eigenvalue weighted by molar-refractivity contribution is -0.121. The number of nitrogens with zero attached hydrogens (tertiary/aromatic N) is 3. The summed E-state index contributed by atoms with van der Waals surface area (Å²) in [6.45, 7) is 10.8. The molecule has 176 valence electrons. The molecular formula is C28H32N4O2. The molecule has 2 aromatic heterocycles. The predicted octanol–water partition coefficient (Wildman–Crippen LogP) is 5.22. The second kappa shape index (κ2) is 9.67. The average Bonchev–Trinajstić information content (AvgIpc) is 3.15. The molecule has 0 fully saturated rings. The third-order valence-corrected chi connectivity index (χ3v) is 6.38. The summed E-state index contributed by atoms with van der Waals surface area (Å²) in [5.74, 6) is 0.551. The van der Waals surface area contributed by atoms with Crippen LogP contribution in [0.3, 0.4) is 0 Å². The summed E-state index contributed by atoms with van der Waals surface area (Å²) < 4.78 is 7.52. The molecule has 2 aromatic carbocycles. The molecule has 4 rings (SSSR count). The molecule has 1 amide bonds. The van der Waals surface area contributed by atoms with Gasteiger partial charge in [0, 0.05) is 23.9 Å². The van der Waals surface area contributed by atoms with E-state index in [2.05, 4.69) is 63.3 Å². The van der Waals surface area contributed by atoms with Crippen molar-refractivity contribution in [2.45, 2.75) is 54.0 Å². The maximum absolute atomic E-state index is 12.7. The summed E-state index contributed by atoms with van der Waals surface area (Å²) >= 11 is 0. The van der Waals surface area contributed by atoms with E-state index >= 15 is 0 Å². The van der Waals surface area contributed by atoms with Gasteiger partial charge >= 0.3 is 0 Å². The van der Waals surface area contributed by atoms with E-state index in [1.165, 1.54) is 16.7 Å². The minimum absolute atomic E-state index is 0.00882. The van der Waals surface area contributed by atoms with Gasteiger partial charge in [0.05, 0.1) is 18.5 Å². The molecule has 0 unspecified atom stereocenters. The highest BCUT2D eigenvalue weighted by molar-refractivity contribution is 5.86. The number of hydrogen-bond donors (Lipinski definition) is 1. The van der Waals surface area contributed by atoms with Crippen LogP contribution >= 0.6 is 0 Å². The van der Waals surface area contributed by atoms with Crippen molar-refractivity contribution in [3.05, 3.63) is 81.5 Å². The normalized spacial score (nSPS) is 11.1. The SMILES string of the molecule is COc1nc2c(c(C)nn2-c2ccc(C)cc2)c(C)c1CCC(=O)NCc1cc(C)ccc1C. The number of aromatic nitrogens is 3. The van der Waals surface area contributed by atoms with Gasteiger partial charge in [0.2, 0.25) is 11.8 Å². The van der Waals surface area contributed by atoms with E-state index < -0.39 is 0 Å². The van der Waals surface area contributed by atoms with Crippen molar-refractivity contribution in [3.63, 3.8) is 0 Å². The zero-order chi connectivity index (χ0) is 24.4. The van der Waals surface area contributed by atoms with Crippen molar-refractivity contribution in [1.29, 1.82) is 0 Å². The summed E-state index contributed by atoms with van der Waals surface area (Å²) in [7, 11) is 1.62. The molecule has 6 heteroatoms. The van der Waals surface area contributed by atoms with Gasteiger partial charge in [-0.25, -0.2) is 4.68 Å². The standard InChI is InChI=1S/C28H32N4O2/c1-17-8-11-23(12-9-17)32-27-26(21(5)31-32)20(4)24(28(30-27)34-6)13-14-25(33)29-16-22-15-18(2)7-10-19(22)3/h7-12,15H,13-14,16H2,1-6H3,(H,29,33). The van der Waals surface area contributed by atoms with E-state index in [1.54, 1.807) is 7.11 Å². The first kappa shape index (κ1) is 23.5. The van der Waals surface area contributed by atoms with E-state index in [0.29, 0.717) is 25.3 Å². The van der Waals surface area contributed by atoms with Gasteiger partial charge in [0.1, 0.15) is 0 Å². The topological polar surface area (TPSA) is 69.0 Å². The molecule has 0 bridgehead atoms. The molecular weight excluding hydrogens is 424 g/mol. The van der Waals surface area contributed by atoms with Crippen molar-refractivity contribution in [2.75, 3.05) is 7.11 Å². The molecule has 0 aliphatic rings. The average molecular weight is 457 g/mol. The number of aryl methyl sites for hydroxylation is 5. The van der Waals surface area contributed by atoms with Crippen LogP contribution in [0.4, 0.5) is 0 Å². The fraction of sp³-hybridized carbons (Fsp3) is 0.321. The first-order valence-electron chi connectivity index (χ1n) is 11.6. The molecule has 0 spiro atoms. The van der Waals surface area contributed by atoms with Crippen LogP contribution in [0.1, 0.15) is 45.5 Å². The van der Waals surface area contributed by atoms with Crippen LogP contribution < -0.4 is 10.1 Å². The lowest BCUT2D eigenvalue weighted by atomic mass is 10.0. The Morgan fingerprint density at radius 1 is 1.00 bits per heavy atom. The van der Waals surface area contributed by atoms with Crippen molar-refractivity contribution >= 4 is 16.9 Å². The molecule has 0 radical (unpaired) electrons. The lowest BCUT2D eigenvalue weighted by Crippen LogP contribution is -2.23. The maximum Gasteiger partial charge on any atom is 0.220 e. The Hall–Kier alpha value is -3.67.